The quantitative estimate of drug-likeness (QED) is 0.885. The SMILES string of the molecule is COc1ccc(C(NC(=O)Nc2c(C)nn(C)c2C)C2CC2)cc1. The van der Waals surface area contributed by atoms with Gasteiger partial charge >= 0.3 is 6.03 Å². The second-order valence-electron chi connectivity index (χ2n) is 6.36. The van der Waals surface area contributed by atoms with Gasteiger partial charge in [0.2, 0.25) is 0 Å². The highest BCUT2D eigenvalue weighted by atomic mass is 16.5. The van der Waals surface area contributed by atoms with Crippen LogP contribution in [0.15, 0.2) is 24.3 Å². The number of anilines is 1. The molecule has 2 aromatic rings. The van der Waals surface area contributed by atoms with Crippen LogP contribution >= 0.6 is 0 Å². The number of benzene rings is 1. The number of hydrogen-bond acceptors (Lipinski definition) is 3. The normalized spacial score (nSPS) is 15.0. The van der Waals surface area contributed by atoms with Crippen molar-refractivity contribution in [1.82, 2.24) is 15.1 Å². The van der Waals surface area contributed by atoms with Crippen LogP contribution in [0.5, 0.6) is 5.75 Å². The fourth-order valence-electron chi connectivity index (χ4n) is 2.96. The molecule has 1 aliphatic carbocycles. The zero-order valence-corrected chi connectivity index (χ0v) is 14.6. The number of aromatic nitrogens is 2. The maximum atomic E-state index is 12.5. The number of methoxy groups -OCH3 is 1. The van der Waals surface area contributed by atoms with Crippen molar-refractivity contribution in [3.8, 4) is 5.75 Å². The standard InChI is InChI=1S/C18H24N4O2/c1-11-16(12(2)22(3)21-11)19-18(23)20-17(13-5-6-13)14-7-9-15(24-4)10-8-14/h7-10,13,17H,5-6H2,1-4H3,(H2,19,20,23). The molecule has 1 saturated carbocycles. The summed E-state index contributed by atoms with van der Waals surface area (Å²) in [6.45, 7) is 3.84. The number of rotatable bonds is 5. The summed E-state index contributed by atoms with van der Waals surface area (Å²) in [7, 11) is 3.52. The first kappa shape index (κ1) is 16.4. The van der Waals surface area contributed by atoms with Crippen LogP contribution in [0.3, 0.4) is 0 Å². The second kappa shape index (κ2) is 6.55. The molecule has 1 atom stereocenters. The lowest BCUT2D eigenvalue weighted by Crippen LogP contribution is -2.34. The molecule has 3 rings (SSSR count). The minimum atomic E-state index is -0.193. The fraction of sp³-hybridized carbons (Fsp3) is 0.444. The van der Waals surface area contributed by atoms with Crippen LogP contribution in [-0.4, -0.2) is 22.9 Å². The van der Waals surface area contributed by atoms with E-state index in [2.05, 4.69) is 15.7 Å². The number of carbonyl (C=O) groups excluding carboxylic acids is 1. The zero-order valence-electron chi connectivity index (χ0n) is 14.6. The molecule has 1 fully saturated rings. The molecule has 0 radical (unpaired) electrons. The third-order valence-electron chi connectivity index (χ3n) is 4.60. The van der Waals surface area contributed by atoms with Gasteiger partial charge in [0.1, 0.15) is 5.75 Å². The van der Waals surface area contributed by atoms with Gasteiger partial charge in [0.15, 0.2) is 0 Å². The molecular weight excluding hydrogens is 304 g/mol. The van der Waals surface area contributed by atoms with E-state index in [4.69, 9.17) is 4.74 Å². The Hall–Kier alpha value is -2.50. The Balaban J connectivity index is 1.72. The highest BCUT2D eigenvalue weighted by Gasteiger charge is 2.33. The number of aryl methyl sites for hydroxylation is 2. The van der Waals surface area contributed by atoms with Gasteiger partial charge in [-0.15, -0.1) is 0 Å². The minimum absolute atomic E-state index is 0.0215. The van der Waals surface area contributed by atoms with Crippen LogP contribution in [0.4, 0.5) is 10.5 Å². The Morgan fingerprint density at radius 1 is 1.29 bits per heavy atom. The van der Waals surface area contributed by atoms with Crippen LogP contribution in [0.1, 0.15) is 35.8 Å². The van der Waals surface area contributed by atoms with E-state index in [0.29, 0.717) is 5.92 Å². The first-order chi connectivity index (χ1) is 11.5. The molecule has 2 amide bonds. The summed E-state index contributed by atoms with van der Waals surface area (Å²) in [5.74, 6) is 1.32. The molecule has 0 aliphatic heterocycles. The highest BCUT2D eigenvalue weighted by molar-refractivity contribution is 5.90. The number of urea groups is 1. The molecule has 1 aromatic carbocycles. The molecule has 24 heavy (non-hydrogen) atoms. The highest BCUT2D eigenvalue weighted by Crippen LogP contribution is 2.41. The summed E-state index contributed by atoms with van der Waals surface area (Å²) in [6.07, 6.45) is 2.28. The molecule has 6 heteroatoms. The average Bonchev–Trinajstić information content (AvgIpc) is 3.38. The molecule has 1 aromatic heterocycles. The predicted octanol–water partition coefficient (Wildman–Crippen LogP) is 3.32. The predicted molar refractivity (Wildman–Crippen MR) is 93.3 cm³/mol. The van der Waals surface area contributed by atoms with Crippen LogP contribution < -0.4 is 15.4 Å². The Bertz CT molecular complexity index is 732. The molecular formula is C18H24N4O2. The van der Waals surface area contributed by atoms with Gasteiger partial charge in [0.25, 0.3) is 0 Å². The number of ether oxygens (including phenoxy) is 1. The number of nitrogens with one attached hydrogen (secondary N) is 2. The summed E-state index contributed by atoms with van der Waals surface area (Å²) >= 11 is 0. The number of amides is 2. The summed E-state index contributed by atoms with van der Waals surface area (Å²) in [6, 6.07) is 7.72. The molecule has 2 N–H and O–H groups in total. The summed E-state index contributed by atoms with van der Waals surface area (Å²) in [4.78, 5) is 12.5. The molecule has 0 bridgehead atoms. The Labute approximate surface area is 142 Å². The fourth-order valence-corrected chi connectivity index (χ4v) is 2.96. The zero-order chi connectivity index (χ0) is 17.3. The van der Waals surface area contributed by atoms with E-state index in [1.165, 1.54) is 0 Å². The van der Waals surface area contributed by atoms with Crippen molar-refractivity contribution >= 4 is 11.7 Å². The van der Waals surface area contributed by atoms with Gasteiger partial charge < -0.3 is 15.4 Å². The lowest BCUT2D eigenvalue weighted by Gasteiger charge is -2.19. The lowest BCUT2D eigenvalue weighted by atomic mass is 10.0. The van der Waals surface area contributed by atoms with E-state index in [-0.39, 0.29) is 12.1 Å². The van der Waals surface area contributed by atoms with Crippen molar-refractivity contribution in [2.24, 2.45) is 13.0 Å². The van der Waals surface area contributed by atoms with E-state index >= 15 is 0 Å². The van der Waals surface area contributed by atoms with E-state index in [0.717, 1.165) is 41.2 Å². The number of carbonyl (C=O) groups is 1. The molecule has 1 aliphatic rings. The van der Waals surface area contributed by atoms with Gasteiger partial charge in [-0.3, -0.25) is 4.68 Å². The molecule has 6 nitrogen and oxygen atoms in total. The van der Waals surface area contributed by atoms with Crippen molar-refractivity contribution in [2.75, 3.05) is 12.4 Å². The molecule has 1 heterocycles. The van der Waals surface area contributed by atoms with Crippen molar-refractivity contribution in [2.45, 2.75) is 32.7 Å². The minimum Gasteiger partial charge on any atom is -0.497 e. The maximum Gasteiger partial charge on any atom is 0.319 e. The van der Waals surface area contributed by atoms with E-state index < -0.39 is 0 Å². The summed E-state index contributed by atoms with van der Waals surface area (Å²) in [5, 5.41) is 10.4. The van der Waals surface area contributed by atoms with E-state index in [1.54, 1.807) is 11.8 Å². The van der Waals surface area contributed by atoms with Gasteiger partial charge in [-0.05, 0) is 50.3 Å². The largest absolute Gasteiger partial charge is 0.497 e. The van der Waals surface area contributed by atoms with Crippen LogP contribution in [0.2, 0.25) is 0 Å². The third kappa shape index (κ3) is 3.37. The third-order valence-corrected chi connectivity index (χ3v) is 4.60. The number of hydrogen-bond donors (Lipinski definition) is 2. The molecule has 0 saturated heterocycles. The molecule has 128 valence electrons. The number of nitrogens with zero attached hydrogens (tertiary/aromatic N) is 2. The van der Waals surface area contributed by atoms with Crippen molar-refractivity contribution in [3.63, 3.8) is 0 Å². The average molecular weight is 328 g/mol. The van der Waals surface area contributed by atoms with Crippen molar-refractivity contribution < 1.29 is 9.53 Å². The van der Waals surface area contributed by atoms with Crippen molar-refractivity contribution in [1.29, 1.82) is 0 Å². The van der Waals surface area contributed by atoms with Gasteiger partial charge in [-0.2, -0.15) is 5.10 Å². The summed E-state index contributed by atoms with van der Waals surface area (Å²) in [5.41, 5.74) is 3.64. The first-order valence-corrected chi connectivity index (χ1v) is 8.21. The molecule has 1 unspecified atom stereocenters. The Kier molecular flexibility index (Phi) is 4.46. The summed E-state index contributed by atoms with van der Waals surface area (Å²) < 4.78 is 6.98. The van der Waals surface area contributed by atoms with Crippen LogP contribution in [0, 0.1) is 19.8 Å². The monoisotopic (exact) mass is 328 g/mol. The van der Waals surface area contributed by atoms with Crippen LogP contribution in [0.25, 0.3) is 0 Å². The van der Waals surface area contributed by atoms with E-state index in [1.807, 2.05) is 45.2 Å². The van der Waals surface area contributed by atoms with Crippen molar-refractivity contribution in [3.05, 3.63) is 41.2 Å². The van der Waals surface area contributed by atoms with Gasteiger partial charge in [0, 0.05) is 7.05 Å². The Morgan fingerprint density at radius 3 is 2.46 bits per heavy atom. The molecule has 0 spiro atoms. The smallest absolute Gasteiger partial charge is 0.319 e. The van der Waals surface area contributed by atoms with Gasteiger partial charge in [0.05, 0.1) is 30.2 Å². The van der Waals surface area contributed by atoms with Crippen LogP contribution in [-0.2, 0) is 7.05 Å². The second-order valence-corrected chi connectivity index (χ2v) is 6.36. The first-order valence-electron chi connectivity index (χ1n) is 8.21. The van der Waals surface area contributed by atoms with E-state index in [9.17, 15) is 4.79 Å². The maximum absolute atomic E-state index is 12.5. The van der Waals surface area contributed by atoms with Gasteiger partial charge in [-0.1, -0.05) is 12.1 Å². The Morgan fingerprint density at radius 2 is 1.96 bits per heavy atom. The lowest BCUT2D eigenvalue weighted by molar-refractivity contribution is 0.247. The van der Waals surface area contributed by atoms with Gasteiger partial charge in [-0.25, -0.2) is 4.79 Å². The topological polar surface area (TPSA) is 68.2 Å².